The Morgan fingerprint density at radius 2 is 2.29 bits per heavy atom. The SMILES string of the molecule is N#Cc1c(S)nc2ccccn2c1=O. The van der Waals surface area contributed by atoms with Crippen LogP contribution in [0, 0.1) is 11.3 Å². The Hall–Kier alpha value is -1.80. The van der Waals surface area contributed by atoms with Gasteiger partial charge in [0.1, 0.15) is 22.3 Å². The molecule has 0 spiro atoms. The fourth-order valence-corrected chi connectivity index (χ4v) is 1.42. The Labute approximate surface area is 84.9 Å². The number of nitriles is 1. The highest BCUT2D eigenvalue weighted by Crippen LogP contribution is 2.06. The van der Waals surface area contributed by atoms with Gasteiger partial charge < -0.3 is 0 Å². The Balaban J connectivity index is 3.03. The Morgan fingerprint density at radius 3 is 3.00 bits per heavy atom. The lowest BCUT2D eigenvalue weighted by Gasteiger charge is -2.00. The average Bonchev–Trinajstić information content (AvgIpc) is 2.18. The second-order valence-electron chi connectivity index (χ2n) is 2.66. The van der Waals surface area contributed by atoms with Crippen LogP contribution in [0.15, 0.2) is 34.2 Å². The third kappa shape index (κ3) is 1.17. The molecule has 0 aliphatic carbocycles. The van der Waals surface area contributed by atoms with Gasteiger partial charge in [0, 0.05) is 6.20 Å². The number of hydrogen-bond acceptors (Lipinski definition) is 4. The maximum Gasteiger partial charge on any atom is 0.276 e. The molecule has 0 radical (unpaired) electrons. The van der Waals surface area contributed by atoms with Crippen LogP contribution in [0.25, 0.3) is 5.65 Å². The summed E-state index contributed by atoms with van der Waals surface area (Å²) in [6, 6.07) is 6.93. The van der Waals surface area contributed by atoms with E-state index in [1.807, 2.05) is 0 Å². The maximum atomic E-state index is 11.6. The van der Waals surface area contributed by atoms with Crippen molar-refractivity contribution in [3.63, 3.8) is 0 Å². The zero-order chi connectivity index (χ0) is 10.1. The van der Waals surface area contributed by atoms with Gasteiger partial charge in [-0.15, -0.1) is 12.6 Å². The van der Waals surface area contributed by atoms with Crippen molar-refractivity contribution in [2.75, 3.05) is 0 Å². The van der Waals surface area contributed by atoms with Gasteiger partial charge in [-0.1, -0.05) is 6.07 Å². The van der Waals surface area contributed by atoms with Crippen LogP contribution in [-0.2, 0) is 0 Å². The van der Waals surface area contributed by atoms with E-state index in [0.717, 1.165) is 0 Å². The van der Waals surface area contributed by atoms with Gasteiger partial charge in [-0.25, -0.2) is 4.98 Å². The molecule has 0 aromatic carbocycles. The van der Waals surface area contributed by atoms with Crippen molar-refractivity contribution >= 4 is 18.3 Å². The van der Waals surface area contributed by atoms with Crippen LogP contribution in [0.3, 0.4) is 0 Å². The average molecular weight is 203 g/mol. The summed E-state index contributed by atoms with van der Waals surface area (Å²) in [5.74, 6) is 0. The smallest absolute Gasteiger partial charge is 0.267 e. The molecule has 0 saturated carbocycles. The number of thiol groups is 1. The number of fused-ring (bicyclic) bond motifs is 1. The summed E-state index contributed by atoms with van der Waals surface area (Å²) in [6.45, 7) is 0. The van der Waals surface area contributed by atoms with E-state index in [4.69, 9.17) is 5.26 Å². The number of aromatic nitrogens is 2. The molecule has 5 heteroatoms. The first-order valence-corrected chi connectivity index (χ1v) is 4.29. The first kappa shape index (κ1) is 8.78. The van der Waals surface area contributed by atoms with Crippen LogP contribution < -0.4 is 5.56 Å². The quantitative estimate of drug-likeness (QED) is 0.510. The Bertz CT molecular complexity index is 597. The molecule has 0 unspecified atom stereocenters. The standard InChI is InChI=1S/C9H5N3OS/c10-5-6-8(14)11-7-3-1-2-4-12(7)9(6)13/h1-4,14H. The van der Waals surface area contributed by atoms with Gasteiger partial charge in [-0.3, -0.25) is 9.20 Å². The van der Waals surface area contributed by atoms with Crippen molar-refractivity contribution in [1.29, 1.82) is 5.26 Å². The lowest BCUT2D eigenvalue weighted by Crippen LogP contribution is -2.18. The van der Waals surface area contributed by atoms with Gasteiger partial charge in [0.2, 0.25) is 0 Å². The van der Waals surface area contributed by atoms with Crippen LogP contribution in [0.1, 0.15) is 5.56 Å². The Kier molecular flexibility index (Phi) is 1.98. The number of rotatable bonds is 0. The van der Waals surface area contributed by atoms with E-state index >= 15 is 0 Å². The van der Waals surface area contributed by atoms with Crippen molar-refractivity contribution in [1.82, 2.24) is 9.38 Å². The molecule has 68 valence electrons. The summed E-state index contributed by atoms with van der Waals surface area (Å²) in [5, 5.41) is 8.88. The van der Waals surface area contributed by atoms with E-state index in [9.17, 15) is 4.79 Å². The maximum absolute atomic E-state index is 11.6. The molecule has 0 N–H and O–H groups in total. The van der Waals surface area contributed by atoms with Gasteiger partial charge in [0.25, 0.3) is 5.56 Å². The number of nitrogens with zero attached hydrogens (tertiary/aromatic N) is 3. The molecule has 2 heterocycles. The topological polar surface area (TPSA) is 58.2 Å². The van der Waals surface area contributed by atoms with E-state index in [0.29, 0.717) is 5.65 Å². The minimum atomic E-state index is -0.386. The minimum Gasteiger partial charge on any atom is -0.267 e. The van der Waals surface area contributed by atoms with Gasteiger partial charge >= 0.3 is 0 Å². The molecular formula is C9H5N3OS. The minimum absolute atomic E-state index is 0.0305. The molecule has 4 nitrogen and oxygen atoms in total. The third-order valence-corrected chi connectivity index (χ3v) is 2.15. The monoisotopic (exact) mass is 203 g/mol. The lowest BCUT2D eigenvalue weighted by atomic mass is 10.3. The van der Waals surface area contributed by atoms with E-state index in [-0.39, 0.29) is 16.1 Å². The van der Waals surface area contributed by atoms with Crippen molar-refractivity contribution < 1.29 is 0 Å². The summed E-state index contributed by atoms with van der Waals surface area (Å²) < 4.78 is 1.32. The molecule has 0 atom stereocenters. The zero-order valence-corrected chi connectivity index (χ0v) is 7.90. The van der Waals surface area contributed by atoms with E-state index in [1.54, 1.807) is 30.5 Å². The molecule has 0 fully saturated rings. The number of pyridine rings is 1. The summed E-state index contributed by atoms with van der Waals surface area (Å²) in [6.07, 6.45) is 1.57. The third-order valence-electron chi connectivity index (χ3n) is 1.83. The first-order chi connectivity index (χ1) is 6.74. The summed E-state index contributed by atoms with van der Waals surface area (Å²) in [5.41, 5.74) is 0.0710. The highest BCUT2D eigenvalue weighted by molar-refractivity contribution is 7.80. The Morgan fingerprint density at radius 1 is 1.50 bits per heavy atom. The second kappa shape index (κ2) is 3.16. The fraction of sp³-hybridized carbons (Fsp3) is 0. The van der Waals surface area contributed by atoms with Crippen molar-refractivity contribution in [3.05, 3.63) is 40.3 Å². The van der Waals surface area contributed by atoms with Crippen LogP contribution in [0.5, 0.6) is 0 Å². The van der Waals surface area contributed by atoms with Crippen LogP contribution in [0.2, 0.25) is 0 Å². The largest absolute Gasteiger partial charge is 0.276 e. The zero-order valence-electron chi connectivity index (χ0n) is 7.01. The summed E-state index contributed by atoms with van der Waals surface area (Å²) in [7, 11) is 0. The molecule has 0 amide bonds. The van der Waals surface area contributed by atoms with E-state index in [1.165, 1.54) is 4.40 Å². The van der Waals surface area contributed by atoms with Gasteiger partial charge in [0.15, 0.2) is 0 Å². The fourth-order valence-electron chi connectivity index (χ4n) is 1.18. The van der Waals surface area contributed by atoms with E-state index < -0.39 is 0 Å². The van der Waals surface area contributed by atoms with Crippen molar-refractivity contribution in [2.45, 2.75) is 5.03 Å². The predicted molar refractivity (Wildman–Crippen MR) is 53.4 cm³/mol. The van der Waals surface area contributed by atoms with Crippen molar-refractivity contribution in [2.24, 2.45) is 0 Å². The highest BCUT2D eigenvalue weighted by Gasteiger charge is 2.08. The molecule has 2 aromatic heterocycles. The van der Waals surface area contributed by atoms with Crippen LogP contribution in [0.4, 0.5) is 0 Å². The molecule has 0 bridgehead atoms. The lowest BCUT2D eigenvalue weighted by molar-refractivity contribution is 0.972. The summed E-state index contributed by atoms with van der Waals surface area (Å²) in [4.78, 5) is 15.6. The summed E-state index contributed by atoms with van der Waals surface area (Å²) >= 11 is 3.98. The molecule has 14 heavy (non-hydrogen) atoms. The van der Waals surface area contributed by atoms with Gasteiger partial charge in [-0.2, -0.15) is 5.26 Å². The first-order valence-electron chi connectivity index (χ1n) is 3.84. The predicted octanol–water partition coefficient (Wildman–Crippen LogP) is 0.855. The van der Waals surface area contributed by atoms with Gasteiger partial charge in [0.05, 0.1) is 0 Å². The molecule has 0 saturated heterocycles. The molecule has 0 aliphatic heterocycles. The highest BCUT2D eigenvalue weighted by atomic mass is 32.1. The number of hydrogen-bond donors (Lipinski definition) is 1. The second-order valence-corrected chi connectivity index (χ2v) is 3.08. The van der Waals surface area contributed by atoms with E-state index in [2.05, 4.69) is 17.6 Å². The normalized spacial score (nSPS) is 10.0. The van der Waals surface area contributed by atoms with Crippen LogP contribution in [-0.4, -0.2) is 9.38 Å². The molecule has 0 aliphatic rings. The molecular weight excluding hydrogens is 198 g/mol. The van der Waals surface area contributed by atoms with Crippen molar-refractivity contribution in [3.8, 4) is 6.07 Å². The van der Waals surface area contributed by atoms with Crippen LogP contribution >= 0.6 is 12.6 Å². The van der Waals surface area contributed by atoms with Gasteiger partial charge in [-0.05, 0) is 12.1 Å². The molecule has 2 aromatic rings. The molecule has 2 rings (SSSR count).